The first-order valence-electron chi connectivity index (χ1n) is 7.15. The van der Waals surface area contributed by atoms with E-state index >= 15 is 0 Å². The van der Waals surface area contributed by atoms with Gasteiger partial charge in [0.2, 0.25) is 0 Å². The minimum absolute atomic E-state index is 0.647. The van der Waals surface area contributed by atoms with Crippen LogP contribution in [-0.4, -0.2) is 18.1 Å². The van der Waals surface area contributed by atoms with Crippen LogP contribution in [0.25, 0.3) is 10.6 Å². The average molecular weight is 290 g/mol. The van der Waals surface area contributed by atoms with Crippen LogP contribution >= 0.6 is 11.3 Å². The third-order valence-corrected chi connectivity index (χ3v) is 3.98. The van der Waals surface area contributed by atoms with Crippen molar-refractivity contribution < 1.29 is 4.74 Å². The Morgan fingerprint density at radius 2 is 2.25 bits per heavy atom. The molecule has 2 rings (SSSR count). The number of nitrogens with zero attached hydrogens (tertiary/aromatic N) is 1. The molecule has 0 spiro atoms. The fourth-order valence-electron chi connectivity index (χ4n) is 1.93. The van der Waals surface area contributed by atoms with Gasteiger partial charge in [0.1, 0.15) is 5.01 Å². The van der Waals surface area contributed by atoms with Crippen LogP contribution in [0, 0.1) is 0 Å². The molecule has 0 amide bonds. The summed E-state index contributed by atoms with van der Waals surface area (Å²) in [5.74, 6) is 0. The van der Waals surface area contributed by atoms with Gasteiger partial charge in [-0.1, -0.05) is 31.5 Å². The standard InChI is InChI=1S/C16H22N2OS/c1-2-3-9-19-11-13-5-4-6-14(10-13)16-18-15(7-8-17)12-20-16/h4-6,10,12H,2-3,7-9,11,17H2,1H3. The lowest BCUT2D eigenvalue weighted by molar-refractivity contribution is 0.118. The molecule has 1 aromatic carbocycles. The SMILES string of the molecule is CCCCOCc1cccc(-c2nc(CCN)cs2)c1. The Labute approximate surface area is 124 Å². The maximum Gasteiger partial charge on any atom is 0.123 e. The number of unbranched alkanes of at least 4 members (excludes halogenated alkanes) is 1. The molecular formula is C16H22N2OS. The maximum atomic E-state index is 5.66. The summed E-state index contributed by atoms with van der Waals surface area (Å²) in [5, 5.41) is 3.15. The van der Waals surface area contributed by atoms with E-state index in [-0.39, 0.29) is 0 Å². The van der Waals surface area contributed by atoms with Gasteiger partial charge in [-0.15, -0.1) is 11.3 Å². The van der Waals surface area contributed by atoms with Gasteiger partial charge in [-0.05, 0) is 24.6 Å². The number of thiazole rings is 1. The topological polar surface area (TPSA) is 48.1 Å². The van der Waals surface area contributed by atoms with Crippen molar-refractivity contribution in [3.05, 3.63) is 40.9 Å². The molecule has 0 saturated heterocycles. The molecule has 1 aromatic heterocycles. The summed E-state index contributed by atoms with van der Waals surface area (Å²) in [4.78, 5) is 4.62. The number of hydrogen-bond acceptors (Lipinski definition) is 4. The molecule has 0 radical (unpaired) electrons. The fraction of sp³-hybridized carbons (Fsp3) is 0.438. The van der Waals surface area contributed by atoms with Crippen molar-refractivity contribution in [3.8, 4) is 10.6 Å². The summed E-state index contributed by atoms with van der Waals surface area (Å²) < 4.78 is 5.66. The second-order valence-corrected chi connectivity index (χ2v) is 5.65. The van der Waals surface area contributed by atoms with Crippen molar-refractivity contribution in [3.63, 3.8) is 0 Å². The highest BCUT2D eigenvalue weighted by Gasteiger charge is 2.05. The Kier molecular flexibility index (Phi) is 6.18. The first kappa shape index (κ1) is 15.2. The zero-order valence-corrected chi connectivity index (χ0v) is 12.8. The molecular weight excluding hydrogens is 268 g/mol. The second-order valence-electron chi connectivity index (χ2n) is 4.79. The normalized spacial score (nSPS) is 10.9. The van der Waals surface area contributed by atoms with Crippen molar-refractivity contribution in [2.45, 2.75) is 32.8 Å². The quantitative estimate of drug-likeness (QED) is 0.755. The van der Waals surface area contributed by atoms with E-state index in [1.54, 1.807) is 11.3 Å². The number of benzene rings is 1. The smallest absolute Gasteiger partial charge is 0.123 e. The molecule has 0 unspecified atom stereocenters. The van der Waals surface area contributed by atoms with E-state index < -0.39 is 0 Å². The van der Waals surface area contributed by atoms with E-state index in [1.165, 1.54) is 12.0 Å². The summed E-state index contributed by atoms with van der Waals surface area (Å²) in [5.41, 5.74) is 9.01. The average Bonchev–Trinajstić information content (AvgIpc) is 2.93. The molecule has 0 aliphatic carbocycles. The van der Waals surface area contributed by atoms with Gasteiger partial charge in [0.05, 0.1) is 12.3 Å². The van der Waals surface area contributed by atoms with E-state index in [4.69, 9.17) is 10.5 Å². The number of ether oxygens (including phenoxy) is 1. The third-order valence-electron chi connectivity index (χ3n) is 3.04. The van der Waals surface area contributed by atoms with Crippen LogP contribution in [-0.2, 0) is 17.8 Å². The molecule has 2 aromatic rings. The maximum absolute atomic E-state index is 5.66. The Hall–Kier alpha value is -1.23. The van der Waals surface area contributed by atoms with Crippen LogP contribution in [0.2, 0.25) is 0 Å². The molecule has 0 saturated carbocycles. The molecule has 0 fully saturated rings. The van der Waals surface area contributed by atoms with Gasteiger partial charge in [0, 0.05) is 24.0 Å². The van der Waals surface area contributed by atoms with Crippen LogP contribution in [0.4, 0.5) is 0 Å². The first-order valence-corrected chi connectivity index (χ1v) is 8.03. The lowest BCUT2D eigenvalue weighted by Crippen LogP contribution is -2.02. The van der Waals surface area contributed by atoms with Gasteiger partial charge in [0.25, 0.3) is 0 Å². The van der Waals surface area contributed by atoms with E-state index in [2.05, 4.69) is 41.6 Å². The molecule has 4 heteroatoms. The van der Waals surface area contributed by atoms with Crippen molar-refractivity contribution in [1.82, 2.24) is 4.98 Å². The van der Waals surface area contributed by atoms with Crippen LogP contribution in [0.3, 0.4) is 0 Å². The number of rotatable bonds is 8. The minimum Gasteiger partial charge on any atom is -0.377 e. The van der Waals surface area contributed by atoms with Crippen LogP contribution in [0.5, 0.6) is 0 Å². The largest absolute Gasteiger partial charge is 0.377 e. The van der Waals surface area contributed by atoms with Crippen LogP contribution in [0.15, 0.2) is 29.6 Å². The lowest BCUT2D eigenvalue weighted by atomic mass is 10.1. The Morgan fingerprint density at radius 1 is 1.35 bits per heavy atom. The summed E-state index contributed by atoms with van der Waals surface area (Å²) in [7, 11) is 0. The molecule has 20 heavy (non-hydrogen) atoms. The zero-order valence-electron chi connectivity index (χ0n) is 12.0. The van der Waals surface area contributed by atoms with Crippen LogP contribution in [0.1, 0.15) is 31.0 Å². The fourth-order valence-corrected chi connectivity index (χ4v) is 2.78. The predicted octanol–water partition coefficient (Wildman–Crippen LogP) is 3.63. The highest BCUT2D eigenvalue weighted by Crippen LogP contribution is 2.24. The first-order chi connectivity index (χ1) is 9.83. The van der Waals surface area contributed by atoms with Crippen molar-refractivity contribution >= 4 is 11.3 Å². The van der Waals surface area contributed by atoms with Crippen molar-refractivity contribution in [2.24, 2.45) is 5.73 Å². The van der Waals surface area contributed by atoms with E-state index in [0.717, 1.165) is 35.7 Å². The van der Waals surface area contributed by atoms with E-state index in [1.807, 2.05) is 0 Å². The number of aromatic nitrogens is 1. The molecule has 0 aliphatic heterocycles. The van der Waals surface area contributed by atoms with Crippen LogP contribution < -0.4 is 5.73 Å². The molecule has 1 heterocycles. The Morgan fingerprint density at radius 3 is 3.05 bits per heavy atom. The molecule has 3 nitrogen and oxygen atoms in total. The molecule has 0 bridgehead atoms. The van der Waals surface area contributed by atoms with Gasteiger partial charge in [-0.2, -0.15) is 0 Å². The molecule has 0 atom stereocenters. The minimum atomic E-state index is 0.647. The second kappa shape index (κ2) is 8.15. The molecule has 0 aliphatic rings. The Bertz CT molecular complexity index is 525. The third kappa shape index (κ3) is 4.40. The zero-order chi connectivity index (χ0) is 14.2. The number of nitrogens with two attached hydrogens (primary N) is 1. The highest BCUT2D eigenvalue weighted by molar-refractivity contribution is 7.13. The summed E-state index contributed by atoms with van der Waals surface area (Å²) in [6.45, 7) is 4.33. The molecule has 108 valence electrons. The predicted molar refractivity (Wildman–Crippen MR) is 84.9 cm³/mol. The number of hydrogen-bond donors (Lipinski definition) is 1. The van der Waals surface area contributed by atoms with Gasteiger partial charge >= 0.3 is 0 Å². The van der Waals surface area contributed by atoms with Gasteiger partial charge < -0.3 is 10.5 Å². The molecule has 2 N–H and O–H groups in total. The Balaban J connectivity index is 2.00. The summed E-state index contributed by atoms with van der Waals surface area (Å²) in [6.07, 6.45) is 3.13. The lowest BCUT2D eigenvalue weighted by Gasteiger charge is -2.05. The summed E-state index contributed by atoms with van der Waals surface area (Å²) >= 11 is 1.68. The highest BCUT2D eigenvalue weighted by atomic mass is 32.1. The van der Waals surface area contributed by atoms with Gasteiger partial charge in [-0.3, -0.25) is 0 Å². The van der Waals surface area contributed by atoms with Gasteiger partial charge in [0.15, 0.2) is 0 Å². The van der Waals surface area contributed by atoms with Crippen molar-refractivity contribution in [2.75, 3.05) is 13.2 Å². The monoisotopic (exact) mass is 290 g/mol. The van der Waals surface area contributed by atoms with Gasteiger partial charge in [-0.25, -0.2) is 4.98 Å². The summed E-state index contributed by atoms with van der Waals surface area (Å²) in [6, 6.07) is 8.43. The van der Waals surface area contributed by atoms with Crippen molar-refractivity contribution in [1.29, 1.82) is 0 Å². The van der Waals surface area contributed by atoms with E-state index in [0.29, 0.717) is 13.2 Å². The van der Waals surface area contributed by atoms with E-state index in [9.17, 15) is 0 Å².